The van der Waals surface area contributed by atoms with E-state index in [0.717, 1.165) is 31.6 Å². The first-order valence-electron chi connectivity index (χ1n) is 5.77. The first kappa shape index (κ1) is 12.2. The summed E-state index contributed by atoms with van der Waals surface area (Å²) in [7, 11) is 0. The molecule has 1 rings (SSSR count). The van der Waals surface area contributed by atoms with Crippen LogP contribution in [0, 0.1) is 5.92 Å². The Morgan fingerprint density at radius 3 is 2.80 bits per heavy atom. The minimum absolute atomic E-state index is 0.261. The largest absolute Gasteiger partial charge is 0.327 e. The summed E-state index contributed by atoms with van der Waals surface area (Å²) in [6, 6.07) is 0.261. The van der Waals surface area contributed by atoms with Gasteiger partial charge < -0.3 is 5.73 Å². The topological polar surface area (TPSA) is 56.7 Å². The van der Waals surface area contributed by atoms with Crippen molar-refractivity contribution in [2.75, 3.05) is 0 Å². The van der Waals surface area contributed by atoms with Crippen LogP contribution >= 0.6 is 0 Å². The Morgan fingerprint density at radius 1 is 1.47 bits per heavy atom. The molecule has 0 radical (unpaired) electrons. The van der Waals surface area contributed by atoms with E-state index >= 15 is 0 Å². The van der Waals surface area contributed by atoms with E-state index in [4.69, 9.17) is 5.73 Å². The Bertz CT molecular complexity index is 280. The van der Waals surface area contributed by atoms with Crippen molar-refractivity contribution in [1.29, 1.82) is 0 Å². The van der Waals surface area contributed by atoms with Gasteiger partial charge in [-0.15, -0.1) is 0 Å². The van der Waals surface area contributed by atoms with E-state index in [9.17, 15) is 0 Å². The maximum atomic E-state index is 6.00. The van der Waals surface area contributed by atoms with Gasteiger partial charge in [-0.05, 0) is 18.8 Å². The molecule has 15 heavy (non-hydrogen) atoms. The average Bonchev–Trinajstić information content (AvgIpc) is 2.62. The van der Waals surface area contributed by atoms with Crippen LogP contribution in [-0.4, -0.2) is 20.8 Å². The van der Waals surface area contributed by atoms with Crippen molar-refractivity contribution in [2.24, 2.45) is 11.7 Å². The van der Waals surface area contributed by atoms with E-state index < -0.39 is 0 Å². The maximum Gasteiger partial charge on any atom is 0.138 e. The van der Waals surface area contributed by atoms with Crippen LogP contribution in [0.25, 0.3) is 0 Å². The molecule has 0 saturated heterocycles. The van der Waals surface area contributed by atoms with Gasteiger partial charge in [0.2, 0.25) is 0 Å². The maximum absolute atomic E-state index is 6.00. The predicted molar refractivity (Wildman–Crippen MR) is 61.4 cm³/mol. The molecule has 0 amide bonds. The molecule has 0 bridgehead atoms. The molecule has 0 saturated carbocycles. The standard InChI is InChI=1S/C11H22N4/c1-4-7-15-11(13-8-14-15)6-5-10(12)9(2)3/h8-10H,4-7,12H2,1-3H3. The molecular formula is C11H22N4. The molecule has 2 N–H and O–H groups in total. The summed E-state index contributed by atoms with van der Waals surface area (Å²) in [6.45, 7) is 7.40. The van der Waals surface area contributed by atoms with Crippen LogP contribution in [0.5, 0.6) is 0 Å². The van der Waals surface area contributed by atoms with Gasteiger partial charge in [0.25, 0.3) is 0 Å². The van der Waals surface area contributed by atoms with Gasteiger partial charge >= 0.3 is 0 Å². The van der Waals surface area contributed by atoms with E-state index in [1.54, 1.807) is 6.33 Å². The van der Waals surface area contributed by atoms with Crippen molar-refractivity contribution in [3.63, 3.8) is 0 Å². The second kappa shape index (κ2) is 5.85. The number of nitrogens with two attached hydrogens (primary N) is 1. The summed E-state index contributed by atoms with van der Waals surface area (Å²) in [4.78, 5) is 4.26. The van der Waals surface area contributed by atoms with E-state index in [2.05, 4.69) is 30.9 Å². The molecule has 4 nitrogen and oxygen atoms in total. The number of aryl methyl sites for hydroxylation is 2. The van der Waals surface area contributed by atoms with Crippen molar-refractivity contribution in [2.45, 2.75) is 52.6 Å². The molecule has 0 spiro atoms. The summed E-state index contributed by atoms with van der Waals surface area (Å²) < 4.78 is 1.98. The van der Waals surface area contributed by atoms with Crippen molar-refractivity contribution in [3.8, 4) is 0 Å². The molecule has 0 aromatic carbocycles. The Morgan fingerprint density at radius 2 is 2.20 bits per heavy atom. The van der Waals surface area contributed by atoms with E-state index in [1.165, 1.54) is 0 Å². The molecule has 0 aliphatic heterocycles. The number of hydrogen-bond donors (Lipinski definition) is 1. The molecule has 1 aromatic rings. The van der Waals surface area contributed by atoms with Crippen molar-refractivity contribution >= 4 is 0 Å². The third-order valence-corrected chi connectivity index (χ3v) is 2.69. The smallest absolute Gasteiger partial charge is 0.138 e. The van der Waals surface area contributed by atoms with Crippen LogP contribution in [0.4, 0.5) is 0 Å². The van der Waals surface area contributed by atoms with Gasteiger partial charge in [0.05, 0.1) is 0 Å². The predicted octanol–water partition coefficient (Wildman–Crippen LogP) is 1.60. The Kier molecular flexibility index (Phi) is 4.75. The van der Waals surface area contributed by atoms with E-state index in [0.29, 0.717) is 5.92 Å². The SMILES string of the molecule is CCCn1ncnc1CCC(N)C(C)C. The number of rotatable bonds is 6. The average molecular weight is 210 g/mol. The highest BCUT2D eigenvalue weighted by Crippen LogP contribution is 2.07. The molecule has 1 atom stereocenters. The second-order valence-electron chi connectivity index (χ2n) is 4.35. The van der Waals surface area contributed by atoms with E-state index in [-0.39, 0.29) is 6.04 Å². The molecule has 0 aliphatic carbocycles. The van der Waals surface area contributed by atoms with E-state index in [1.807, 2.05) is 4.68 Å². The zero-order valence-corrected chi connectivity index (χ0v) is 9.98. The summed E-state index contributed by atoms with van der Waals surface area (Å²) in [6.07, 6.45) is 4.64. The third kappa shape index (κ3) is 3.63. The second-order valence-corrected chi connectivity index (χ2v) is 4.35. The number of nitrogens with zero attached hydrogens (tertiary/aromatic N) is 3. The first-order valence-corrected chi connectivity index (χ1v) is 5.77. The Hall–Kier alpha value is -0.900. The zero-order chi connectivity index (χ0) is 11.3. The molecule has 1 unspecified atom stereocenters. The molecular weight excluding hydrogens is 188 g/mol. The lowest BCUT2D eigenvalue weighted by Crippen LogP contribution is -2.27. The fourth-order valence-corrected chi connectivity index (χ4v) is 1.51. The first-order chi connectivity index (χ1) is 7.15. The molecule has 86 valence electrons. The highest BCUT2D eigenvalue weighted by atomic mass is 15.3. The molecule has 1 heterocycles. The molecule has 4 heteroatoms. The lowest BCUT2D eigenvalue weighted by Gasteiger charge is -2.14. The monoisotopic (exact) mass is 210 g/mol. The van der Waals surface area contributed by atoms with Gasteiger partial charge in [0, 0.05) is 19.0 Å². The summed E-state index contributed by atoms with van der Waals surface area (Å²) >= 11 is 0. The van der Waals surface area contributed by atoms with Gasteiger partial charge in [0.1, 0.15) is 12.2 Å². The zero-order valence-electron chi connectivity index (χ0n) is 9.98. The lowest BCUT2D eigenvalue weighted by atomic mass is 10.0. The third-order valence-electron chi connectivity index (χ3n) is 2.69. The van der Waals surface area contributed by atoms with Crippen LogP contribution in [0.1, 0.15) is 39.4 Å². The minimum atomic E-state index is 0.261. The fraction of sp³-hybridized carbons (Fsp3) is 0.818. The van der Waals surface area contributed by atoms with Gasteiger partial charge in [0.15, 0.2) is 0 Å². The fourth-order valence-electron chi connectivity index (χ4n) is 1.51. The Balaban J connectivity index is 2.46. The molecule has 0 aliphatic rings. The summed E-state index contributed by atoms with van der Waals surface area (Å²) in [5.74, 6) is 1.60. The quantitative estimate of drug-likeness (QED) is 0.776. The van der Waals surface area contributed by atoms with Gasteiger partial charge in [-0.2, -0.15) is 5.10 Å². The number of hydrogen-bond acceptors (Lipinski definition) is 3. The number of aromatic nitrogens is 3. The van der Waals surface area contributed by atoms with Crippen LogP contribution in [0.15, 0.2) is 6.33 Å². The minimum Gasteiger partial charge on any atom is -0.327 e. The molecule has 1 aromatic heterocycles. The van der Waals surface area contributed by atoms with Crippen molar-refractivity contribution in [1.82, 2.24) is 14.8 Å². The molecule has 0 fully saturated rings. The van der Waals surface area contributed by atoms with Crippen LogP contribution in [0.2, 0.25) is 0 Å². The van der Waals surface area contributed by atoms with Crippen LogP contribution in [0.3, 0.4) is 0 Å². The highest BCUT2D eigenvalue weighted by Gasteiger charge is 2.10. The van der Waals surface area contributed by atoms with Gasteiger partial charge in [-0.3, -0.25) is 4.68 Å². The summed E-state index contributed by atoms with van der Waals surface area (Å²) in [5, 5.41) is 4.19. The van der Waals surface area contributed by atoms with Gasteiger partial charge in [-0.1, -0.05) is 20.8 Å². The van der Waals surface area contributed by atoms with Crippen LogP contribution < -0.4 is 5.73 Å². The van der Waals surface area contributed by atoms with Crippen LogP contribution in [-0.2, 0) is 13.0 Å². The van der Waals surface area contributed by atoms with Crippen molar-refractivity contribution < 1.29 is 0 Å². The van der Waals surface area contributed by atoms with Crippen molar-refractivity contribution in [3.05, 3.63) is 12.2 Å². The highest BCUT2D eigenvalue weighted by molar-refractivity contribution is 4.86. The normalized spacial score (nSPS) is 13.4. The Labute approximate surface area is 91.9 Å². The lowest BCUT2D eigenvalue weighted by molar-refractivity contribution is 0.451. The summed E-state index contributed by atoms with van der Waals surface area (Å²) in [5.41, 5.74) is 6.00. The van der Waals surface area contributed by atoms with Gasteiger partial charge in [-0.25, -0.2) is 4.98 Å².